The fourth-order valence-corrected chi connectivity index (χ4v) is 1.62. The van der Waals surface area contributed by atoms with Gasteiger partial charge in [0.1, 0.15) is 0 Å². The van der Waals surface area contributed by atoms with E-state index in [0.717, 1.165) is 17.9 Å². The number of hydrogen-bond donors (Lipinski definition) is 0. The molecule has 0 amide bonds. The molecule has 0 rings (SSSR count). The van der Waals surface area contributed by atoms with Gasteiger partial charge in [0, 0.05) is 12.6 Å². The van der Waals surface area contributed by atoms with Crippen molar-refractivity contribution in [3.63, 3.8) is 0 Å². The minimum atomic E-state index is 0.729. The molecule has 0 aromatic heterocycles. The van der Waals surface area contributed by atoms with Crippen molar-refractivity contribution in [1.82, 2.24) is 4.90 Å². The van der Waals surface area contributed by atoms with Crippen LogP contribution in [0.15, 0.2) is 0 Å². The van der Waals surface area contributed by atoms with Gasteiger partial charge in [0.05, 0.1) is 0 Å². The third-order valence-corrected chi connectivity index (χ3v) is 2.22. The van der Waals surface area contributed by atoms with E-state index in [1.54, 1.807) is 0 Å². The Balaban J connectivity index is 3.68. The predicted molar refractivity (Wildman–Crippen MR) is 56.4 cm³/mol. The lowest BCUT2D eigenvalue weighted by molar-refractivity contribution is 0.206. The second kappa shape index (κ2) is 5.58. The van der Waals surface area contributed by atoms with Crippen LogP contribution in [0.3, 0.4) is 0 Å². The van der Waals surface area contributed by atoms with Crippen molar-refractivity contribution in [2.24, 2.45) is 11.8 Å². The molecule has 0 fully saturated rings. The molecule has 0 saturated carbocycles. The highest BCUT2D eigenvalue weighted by Gasteiger charge is 2.11. The Labute approximate surface area is 78.1 Å². The number of hydrogen-bond acceptors (Lipinski definition) is 1. The fraction of sp³-hybridized carbons (Fsp3) is 1.00. The molecule has 0 spiro atoms. The summed E-state index contributed by atoms with van der Waals surface area (Å²) in [6, 6.07) is 0.729. The fourth-order valence-electron chi connectivity index (χ4n) is 1.62. The summed E-state index contributed by atoms with van der Waals surface area (Å²) in [6.45, 7) is 12.7. The SMILES string of the molecule is CC(C)CC(C)N(C)CC(C)C. The monoisotopic (exact) mass is 171 g/mol. The number of nitrogens with zero attached hydrogens (tertiary/aromatic N) is 1. The lowest BCUT2D eigenvalue weighted by Gasteiger charge is -2.27. The lowest BCUT2D eigenvalue weighted by atomic mass is 10.0. The van der Waals surface area contributed by atoms with Crippen molar-refractivity contribution < 1.29 is 0 Å². The Morgan fingerprint density at radius 1 is 0.917 bits per heavy atom. The zero-order valence-corrected chi connectivity index (χ0v) is 9.59. The van der Waals surface area contributed by atoms with Gasteiger partial charge in [-0.05, 0) is 32.2 Å². The van der Waals surface area contributed by atoms with Crippen LogP contribution in [0.1, 0.15) is 41.0 Å². The molecule has 74 valence electrons. The lowest BCUT2D eigenvalue weighted by Crippen LogP contribution is -2.33. The smallest absolute Gasteiger partial charge is 0.00664 e. The quantitative estimate of drug-likeness (QED) is 0.614. The molecule has 0 radical (unpaired) electrons. The normalized spacial score (nSPS) is 14.8. The Bertz CT molecular complexity index is 93.6. The molecule has 0 aromatic carbocycles. The molecule has 0 aliphatic carbocycles. The molecule has 0 bridgehead atoms. The highest BCUT2D eigenvalue weighted by molar-refractivity contribution is 4.66. The van der Waals surface area contributed by atoms with Crippen molar-refractivity contribution in [3.8, 4) is 0 Å². The second-order valence-electron chi connectivity index (χ2n) is 4.81. The number of rotatable bonds is 5. The van der Waals surface area contributed by atoms with Crippen molar-refractivity contribution in [3.05, 3.63) is 0 Å². The van der Waals surface area contributed by atoms with Crippen molar-refractivity contribution in [2.75, 3.05) is 13.6 Å². The Morgan fingerprint density at radius 3 is 1.75 bits per heavy atom. The van der Waals surface area contributed by atoms with E-state index in [2.05, 4.69) is 46.6 Å². The van der Waals surface area contributed by atoms with Gasteiger partial charge in [0.25, 0.3) is 0 Å². The maximum atomic E-state index is 2.46. The van der Waals surface area contributed by atoms with Gasteiger partial charge in [0.2, 0.25) is 0 Å². The summed E-state index contributed by atoms with van der Waals surface area (Å²) in [5.41, 5.74) is 0. The van der Waals surface area contributed by atoms with Crippen LogP contribution < -0.4 is 0 Å². The minimum absolute atomic E-state index is 0.729. The Hall–Kier alpha value is -0.0400. The molecule has 0 heterocycles. The molecule has 0 saturated heterocycles. The largest absolute Gasteiger partial charge is 0.303 e. The molecule has 1 heteroatoms. The zero-order chi connectivity index (χ0) is 9.72. The summed E-state index contributed by atoms with van der Waals surface area (Å²) in [4.78, 5) is 2.46. The topological polar surface area (TPSA) is 3.24 Å². The van der Waals surface area contributed by atoms with Crippen LogP contribution in [-0.2, 0) is 0 Å². The van der Waals surface area contributed by atoms with E-state index in [9.17, 15) is 0 Å². The van der Waals surface area contributed by atoms with Crippen LogP contribution in [0.25, 0.3) is 0 Å². The summed E-state index contributed by atoms with van der Waals surface area (Å²) in [6.07, 6.45) is 1.31. The second-order valence-corrected chi connectivity index (χ2v) is 4.81. The molecule has 12 heavy (non-hydrogen) atoms. The van der Waals surface area contributed by atoms with E-state index in [4.69, 9.17) is 0 Å². The minimum Gasteiger partial charge on any atom is -0.303 e. The van der Waals surface area contributed by atoms with E-state index in [0.29, 0.717) is 0 Å². The van der Waals surface area contributed by atoms with Gasteiger partial charge in [-0.2, -0.15) is 0 Å². The molecule has 1 unspecified atom stereocenters. The van der Waals surface area contributed by atoms with Crippen LogP contribution in [-0.4, -0.2) is 24.5 Å². The molecule has 1 nitrogen and oxygen atoms in total. The van der Waals surface area contributed by atoms with E-state index in [1.807, 2.05) is 0 Å². The third-order valence-electron chi connectivity index (χ3n) is 2.22. The summed E-state index contributed by atoms with van der Waals surface area (Å²) < 4.78 is 0. The van der Waals surface area contributed by atoms with Crippen LogP contribution >= 0.6 is 0 Å². The standard InChI is InChI=1S/C11H25N/c1-9(2)7-11(5)12(6)8-10(3)4/h9-11H,7-8H2,1-6H3. The van der Waals surface area contributed by atoms with Crippen LogP contribution in [0, 0.1) is 11.8 Å². The first-order valence-corrected chi connectivity index (χ1v) is 5.13. The van der Waals surface area contributed by atoms with E-state index < -0.39 is 0 Å². The first-order chi connectivity index (χ1) is 5.43. The molecular formula is C11H25N. The molecule has 0 aromatic rings. The van der Waals surface area contributed by atoms with Crippen molar-refractivity contribution in [1.29, 1.82) is 0 Å². The summed E-state index contributed by atoms with van der Waals surface area (Å²) >= 11 is 0. The highest BCUT2D eigenvalue weighted by atomic mass is 15.1. The first kappa shape index (κ1) is 12.0. The highest BCUT2D eigenvalue weighted by Crippen LogP contribution is 2.10. The Kier molecular flexibility index (Phi) is 5.56. The van der Waals surface area contributed by atoms with Gasteiger partial charge in [-0.25, -0.2) is 0 Å². The molecule has 0 aliphatic rings. The van der Waals surface area contributed by atoms with E-state index in [1.165, 1.54) is 13.0 Å². The average molecular weight is 171 g/mol. The molecular weight excluding hydrogens is 146 g/mol. The van der Waals surface area contributed by atoms with Gasteiger partial charge in [-0.1, -0.05) is 27.7 Å². The van der Waals surface area contributed by atoms with Crippen LogP contribution in [0.2, 0.25) is 0 Å². The Morgan fingerprint density at radius 2 is 1.42 bits per heavy atom. The van der Waals surface area contributed by atoms with Crippen molar-refractivity contribution in [2.45, 2.75) is 47.1 Å². The van der Waals surface area contributed by atoms with Gasteiger partial charge in [0.15, 0.2) is 0 Å². The molecule has 0 aliphatic heterocycles. The summed E-state index contributed by atoms with van der Waals surface area (Å²) in [5.74, 6) is 1.60. The van der Waals surface area contributed by atoms with Crippen LogP contribution in [0.5, 0.6) is 0 Å². The molecule has 0 N–H and O–H groups in total. The van der Waals surface area contributed by atoms with Crippen molar-refractivity contribution >= 4 is 0 Å². The summed E-state index contributed by atoms with van der Waals surface area (Å²) in [7, 11) is 2.23. The zero-order valence-electron chi connectivity index (χ0n) is 9.59. The van der Waals surface area contributed by atoms with E-state index in [-0.39, 0.29) is 0 Å². The summed E-state index contributed by atoms with van der Waals surface area (Å²) in [5, 5.41) is 0. The van der Waals surface area contributed by atoms with Gasteiger partial charge in [-0.15, -0.1) is 0 Å². The first-order valence-electron chi connectivity index (χ1n) is 5.13. The van der Waals surface area contributed by atoms with Gasteiger partial charge < -0.3 is 4.90 Å². The maximum absolute atomic E-state index is 2.46. The maximum Gasteiger partial charge on any atom is 0.00664 e. The predicted octanol–water partition coefficient (Wildman–Crippen LogP) is 3.01. The molecule has 1 atom stereocenters. The van der Waals surface area contributed by atoms with Crippen LogP contribution in [0.4, 0.5) is 0 Å². The third kappa shape index (κ3) is 5.59. The van der Waals surface area contributed by atoms with E-state index >= 15 is 0 Å². The van der Waals surface area contributed by atoms with Gasteiger partial charge >= 0.3 is 0 Å². The average Bonchev–Trinajstić information content (AvgIpc) is 1.84. The van der Waals surface area contributed by atoms with Gasteiger partial charge in [-0.3, -0.25) is 0 Å².